The Kier molecular flexibility index (Phi) is 5.61. The Labute approximate surface area is 174 Å². The zero-order valence-electron chi connectivity index (χ0n) is 16.6. The normalized spacial score (nSPS) is 16.0. The molecule has 152 valence electrons. The van der Waals surface area contributed by atoms with Crippen LogP contribution in [-0.2, 0) is 0 Å². The zero-order chi connectivity index (χ0) is 20.9. The molecule has 3 aromatic rings. The number of ether oxygens (including phenoxy) is 1. The van der Waals surface area contributed by atoms with Gasteiger partial charge in [0.15, 0.2) is 0 Å². The maximum atomic E-state index is 12.7. The van der Waals surface area contributed by atoms with Gasteiger partial charge in [0.2, 0.25) is 0 Å². The molecule has 1 aromatic carbocycles. The first-order valence-electron chi connectivity index (χ1n) is 9.78. The number of nitriles is 1. The number of rotatable bonds is 5. The van der Waals surface area contributed by atoms with E-state index in [-0.39, 0.29) is 11.8 Å². The van der Waals surface area contributed by atoms with E-state index < -0.39 is 0 Å². The van der Waals surface area contributed by atoms with Gasteiger partial charge < -0.3 is 15.0 Å². The predicted molar refractivity (Wildman–Crippen MR) is 113 cm³/mol. The van der Waals surface area contributed by atoms with Crippen LogP contribution >= 0.6 is 0 Å². The lowest BCUT2D eigenvalue weighted by atomic mass is 9.93. The van der Waals surface area contributed by atoms with Crippen LogP contribution in [0.3, 0.4) is 0 Å². The van der Waals surface area contributed by atoms with Crippen LogP contribution in [0.4, 0.5) is 11.5 Å². The van der Waals surface area contributed by atoms with E-state index in [1.165, 1.54) is 0 Å². The number of aromatic nitrogens is 3. The van der Waals surface area contributed by atoms with E-state index in [1.54, 1.807) is 55.9 Å². The van der Waals surface area contributed by atoms with E-state index >= 15 is 0 Å². The third-order valence-electron chi connectivity index (χ3n) is 5.31. The number of piperidine rings is 1. The lowest BCUT2D eigenvalue weighted by Gasteiger charge is -2.33. The first-order valence-corrected chi connectivity index (χ1v) is 9.78. The molecule has 0 aliphatic carbocycles. The van der Waals surface area contributed by atoms with Gasteiger partial charge in [0, 0.05) is 30.8 Å². The summed E-state index contributed by atoms with van der Waals surface area (Å²) in [6, 6.07) is 12.7. The summed E-state index contributed by atoms with van der Waals surface area (Å²) in [5, 5.41) is 19.6. The molecule has 1 atom stereocenters. The van der Waals surface area contributed by atoms with E-state index in [0.29, 0.717) is 34.9 Å². The minimum atomic E-state index is -0.204. The average Bonchev–Trinajstić information content (AvgIpc) is 3.27. The molecule has 0 spiro atoms. The van der Waals surface area contributed by atoms with Gasteiger partial charge >= 0.3 is 0 Å². The average molecular weight is 402 g/mol. The largest absolute Gasteiger partial charge is 0.497 e. The molecule has 0 bridgehead atoms. The van der Waals surface area contributed by atoms with Gasteiger partial charge in [-0.25, -0.2) is 4.98 Å². The number of H-pyrrole nitrogens is 1. The van der Waals surface area contributed by atoms with E-state index in [2.05, 4.69) is 31.5 Å². The minimum Gasteiger partial charge on any atom is -0.497 e. The van der Waals surface area contributed by atoms with Gasteiger partial charge in [0.25, 0.3) is 5.91 Å². The highest BCUT2D eigenvalue weighted by molar-refractivity contribution is 6.04. The van der Waals surface area contributed by atoms with Gasteiger partial charge in [-0.15, -0.1) is 0 Å². The number of amides is 1. The summed E-state index contributed by atoms with van der Waals surface area (Å²) in [6.07, 6.45) is 5.25. The molecule has 0 radical (unpaired) electrons. The van der Waals surface area contributed by atoms with Gasteiger partial charge in [0.1, 0.15) is 17.6 Å². The van der Waals surface area contributed by atoms with Crippen molar-refractivity contribution in [1.82, 2.24) is 15.2 Å². The molecule has 3 heterocycles. The molecule has 1 amide bonds. The van der Waals surface area contributed by atoms with Gasteiger partial charge in [0.05, 0.1) is 30.3 Å². The quantitative estimate of drug-likeness (QED) is 0.678. The molecule has 2 N–H and O–H groups in total. The van der Waals surface area contributed by atoms with Crippen LogP contribution < -0.4 is 15.0 Å². The molecule has 1 aliphatic heterocycles. The van der Waals surface area contributed by atoms with Gasteiger partial charge in [-0.3, -0.25) is 9.89 Å². The maximum absolute atomic E-state index is 12.7. The van der Waals surface area contributed by atoms with Crippen molar-refractivity contribution in [3.05, 3.63) is 65.6 Å². The van der Waals surface area contributed by atoms with Crippen molar-refractivity contribution in [2.24, 2.45) is 0 Å². The molecule has 1 aliphatic rings. The molecule has 2 aromatic heterocycles. The Morgan fingerprint density at radius 1 is 1.33 bits per heavy atom. The highest BCUT2D eigenvalue weighted by Gasteiger charge is 2.27. The molecule has 0 unspecified atom stereocenters. The SMILES string of the molecule is COc1ccc(C(=O)Nc2cn[nH]c2[C@@H]2CCCN(c3ncccc3C#N)C2)cc1. The summed E-state index contributed by atoms with van der Waals surface area (Å²) < 4.78 is 5.14. The molecule has 30 heavy (non-hydrogen) atoms. The molecule has 1 fully saturated rings. The van der Waals surface area contributed by atoms with Crippen LogP contribution in [-0.4, -0.2) is 41.3 Å². The van der Waals surface area contributed by atoms with Crippen molar-refractivity contribution in [3.8, 4) is 11.8 Å². The minimum absolute atomic E-state index is 0.140. The Balaban J connectivity index is 1.51. The monoisotopic (exact) mass is 402 g/mol. The Morgan fingerprint density at radius 3 is 2.93 bits per heavy atom. The topological polar surface area (TPSA) is 107 Å². The fraction of sp³-hybridized carbons (Fsp3) is 0.273. The maximum Gasteiger partial charge on any atom is 0.255 e. The van der Waals surface area contributed by atoms with Gasteiger partial charge in [-0.05, 0) is 49.2 Å². The summed E-state index contributed by atoms with van der Waals surface area (Å²) >= 11 is 0. The second-order valence-electron chi connectivity index (χ2n) is 7.15. The number of carbonyl (C=O) groups excluding carboxylic acids is 1. The molecular weight excluding hydrogens is 380 g/mol. The van der Waals surface area contributed by atoms with Crippen LogP contribution in [0.1, 0.15) is 40.4 Å². The second kappa shape index (κ2) is 8.66. The third-order valence-corrected chi connectivity index (χ3v) is 5.31. The number of aromatic amines is 1. The smallest absolute Gasteiger partial charge is 0.255 e. The molecule has 4 rings (SSSR count). The first kappa shape index (κ1) is 19.5. The molecule has 1 saturated heterocycles. The number of carbonyl (C=O) groups is 1. The van der Waals surface area contributed by atoms with E-state index in [4.69, 9.17) is 4.74 Å². The van der Waals surface area contributed by atoms with E-state index in [0.717, 1.165) is 25.1 Å². The molecule has 8 heteroatoms. The lowest BCUT2D eigenvalue weighted by molar-refractivity contribution is 0.102. The second-order valence-corrected chi connectivity index (χ2v) is 7.15. The summed E-state index contributed by atoms with van der Waals surface area (Å²) in [6.45, 7) is 1.53. The van der Waals surface area contributed by atoms with Crippen LogP contribution in [0.2, 0.25) is 0 Å². The number of methoxy groups -OCH3 is 1. The number of nitrogens with zero attached hydrogens (tertiary/aromatic N) is 4. The Morgan fingerprint density at radius 2 is 2.17 bits per heavy atom. The molecule has 8 nitrogen and oxygen atoms in total. The number of pyridine rings is 1. The summed E-state index contributed by atoms with van der Waals surface area (Å²) in [7, 11) is 1.59. The van der Waals surface area contributed by atoms with Crippen molar-refractivity contribution in [2.45, 2.75) is 18.8 Å². The predicted octanol–water partition coefficient (Wildman–Crippen LogP) is 3.32. The van der Waals surface area contributed by atoms with Gasteiger partial charge in [-0.1, -0.05) is 0 Å². The van der Waals surface area contributed by atoms with Gasteiger partial charge in [-0.2, -0.15) is 10.4 Å². The number of nitrogens with one attached hydrogen (secondary N) is 2. The third kappa shape index (κ3) is 3.96. The summed E-state index contributed by atoms with van der Waals surface area (Å²) in [5.74, 6) is 1.34. The van der Waals surface area contributed by atoms with Crippen molar-refractivity contribution < 1.29 is 9.53 Å². The summed E-state index contributed by atoms with van der Waals surface area (Å²) in [5.41, 5.74) is 2.66. The van der Waals surface area contributed by atoms with E-state index in [1.807, 2.05) is 0 Å². The Bertz CT molecular complexity index is 1070. The number of anilines is 2. The fourth-order valence-corrected chi connectivity index (χ4v) is 3.79. The Hall–Kier alpha value is -3.86. The number of benzene rings is 1. The molecular formula is C22H22N6O2. The van der Waals surface area contributed by atoms with Crippen molar-refractivity contribution in [3.63, 3.8) is 0 Å². The number of hydrogen-bond acceptors (Lipinski definition) is 6. The van der Waals surface area contributed by atoms with Crippen LogP contribution in [0.25, 0.3) is 0 Å². The van der Waals surface area contributed by atoms with Crippen molar-refractivity contribution in [2.75, 3.05) is 30.4 Å². The van der Waals surface area contributed by atoms with Crippen molar-refractivity contribution >= 4 is 17.4 Å². The first-order chi connectivity index (χ1) is 14.7. The fourth-order valence-electron chi connectivity index (χ4n) is 3.79. The number of hydrogen-bond donors (Lipinski definition) is 2. The van der Waals surface area contributed by atoms with E-state index in [9.17, 15) is 10.1 Å². The van der Waals surface area contributed by atoms with Crippen LogP contribution in [0.5, 0.6) is 5.75 Å². The van der Waals surface area contributed by atoms with Crippen LogP contribution in [0.15, 0.2) is 48.8 Å². The highest BCUT2D eigenvalue weighted by Crippen LogP contribution is 2.33. The van der Waals surface area contributed by atoms with Crippen LogP contribution in [0, 0.1) is 11.3 Å². The standard InChI is InChI=1S/C22H22N6O2/c1-30-18-8-6-15(7-9-18)22(29)26-19-13-25-27-20(19)17-5-3-11-28(14-17)21-16(12-23)4-2-10-24-21/h2,4,6-10,13,17H,3,5,11,14H2,1H3,(H,25,27)(H,26,29)/t17-/m1/s1. The zero-order valence-corrected chi connectivity index (χ0v) is 16.6. The molecule has 0 saturated carbocycles. The summed E-state index contributed by atoms with van der Waals surface area (Å²) in [4.78, 5) is 19.2. The van der Waals surface area contributed by atoms with Crippen molar-refractivity contribution in [1.29, 1.82) is 5.26 Å². The highest BCUT2D eigenvalue weighted by atomic mass is 16.5. The lowest BCUT2D eigenvalue weighted by Crippen LogP contribution is -2.35.